The van der Waals surface area contributed by atoms with Crippen LogP contribution in [0.25, 0.3) is 0 Å². The fraction of sp³-hybridized carbons (Fsp3) is 0.842. The zero-order valence-corrected chi connectivity index (χ0v) is 20.9. The van der Waals surface area contributed by atoms with Gasteiger partial charge in [-0.3, -0.25) is 4.79 Å². The van der Waals surface area contributed by atoms with Crippen LogP contribution >= 0.6 is 34.8 Å². The number of hydrogen-bond acceptors (Lipinski definition) is 2. The number of halogens is 3. The second-order valence-electron chi connectivity index (χ2n) is 6.25. The average Bonchev–Trinajstić information content (AvgIpc) is 2.49. The van der Waals surface area contributed by atoms with Gasteiger partial charge in [-0.1, -0.05) is 70.4 Å². The molecule has 0 radical (unpaired) electrons. The van der Waals surface area contributed by atoms with Gasteiger partial charge in [-0.2, -0.15) is 0 Å². The largest absolute Gasteiger partial charge is 0.415 e. The molecular formula is C19H33Cl3O2Zn. The number of ether oxygens (including phenoxy) is 1. The number of esters is 1. The van der Waals surface area contributed by atoms with Crippen molar-refractivity contribution in [1.82, 2.24) is 0 Å². The van der Waals surface area contributed by atoms with Gasteiger partial charge in [0.2, 0.25) is 0 Å². The van der Waals surface area contributed by atoms with Crippen LogP contribution in [0.1, 0.15) is 96.8 Å². The molecule has 0 aliphatic carbocycles. The van der Waals surface area contributed by atoms with E-state index < -0.39 is 9.95 Å². The van der Waals surface area contributed by atoms with Gasteiger partial charge in [0.25, 0.3) is 0 Å². The van der Waals surface area contributed by atoms with E-state index in [0.29, 0.717) is 6.42 Å². The Morgan fingerprint density at radius 2 is 1.24 bits per heavy atom. The summed E-state index contributed by atoms with van der Waals surface area (Å²) in [6.45, 7) is 2.25. The maximum Gasteiger partial charge on any atom is 0.340 e. The van der Waals surface area contributed by atoms with Crippen molar-refractivity contribution in [2.45, 2.75) is 101 Å². The molecular weight excluding hydrogens is 432 g/mol. The van der Waals surface area contributed by atoms with Crippen molar-refractivity contribution in [3.8, 4) is 0 Å². The van der Waals surface area contributed by atoms with E-state index in [2.05, 4.69) is 23.8 Å². The summed E-state index contributed by atoms with van der Waals surface area (Å²) in [7, 11) is 0. The first-order valence-corrected chi connectivity index (χ1v) is 10.5. The van der Waals surface area contributed by atoms with Gasteiger partial charge in [-0.15, -0.1) is 0 Å². The van der Waals surface area contributed by atoms with E-state index in [0.717, 1.165) is 25.7 Å². The molecule has 0 aliphatic rings. The first-order valence-electron chi connectivity index (χ1n) is 9.39. The molecule has 6 heteroatoms. The Labute approximate surface area is 182 Å². The summed E-state index contributed by atoms with van der Waals surface area (Å²) >= 11 is 16.1. The molecule has 0 fully saturated rings. The topological polar surface area (TPSA) is 26.3 Å². The third kappa shape index (κ3) is 24.7. The van der Waals surface area contributed by atoms with Crippen molar-refractivity contribution in [1.29, 1.82) is 0 Å². The quantitative estimate of drug-likeness (QED) is 0.0809. The number of carbonyl (C=O) groups excluding carboxylic acids is 1. The summed E-state index contributed by atoms with van der Waals surface area (Å²) in [5.74, 6) is -0.451. The second-order valence-corrected chi connectivity index (χ2v) is 8.43. The van der Waals surface area contributed by atoms with E-state index in [4.69, 9.17) is 34.8 Å². The first-order chi connectivity index (χ1) is 11.5. The summed E-state index contributed by atoms with van der Waals surface area (Å²) in [5, 5.41) is 0. The van der Waals surface area contributed by atoms with Crippen LogP contribution in [-0.2, 0) is 29.0 Å². The second kappa shape index (κ2) is 19.5. The maximum absolute atomic E-state index is 11.3. The molecule has 0 aromatic carbocycles. The van der Waals surface area contributed by atoms with E-state index in [1.807, 2.05) is 0 Å². The summed E-state index contributed by atoms with van der Waals surface area (Å²) in [5.41, 5.74) is 0. The number of carbonyl (C=O) groups is 1. The molecule has 0 N–H and O–H groups in total. The van der Waals surface area contributed by atoms with Gasteiger partial charge >= 0.3 is 9.95 Å². The predicted octanol–water partition coefficient (Wildman–Crippen LogP) is 7.89. The van der Waals surface area contributed by atoms with Crippen LogP contribution in [0.3, 0.4) is 0 Å². The number of hydrogen-bond donors (Lipinski definition) is 0. The smallest absolute Gasteiger partial charge is 0.340 e. The zero-order chi connectivity index (χ0) is 18.1. The van der Waals surface area contributed by atoms with E-state index in [1.54, 1.807) is 0 Å². The monoisotopic (exact) mass is 462 g/mol. The van der Waals surface area contributed by atoms with Crippen LogP contribution in [0.4, 0.5) is 0 Å². The summed E-state index contributed by atoms with van der Waals surface area (Å²) in [6.07, 6.45) is 20.8. The predicted molar refractivity (Wildman–Crippen MR) is 106 cm³/mol. The maximum atomic E-state index is 11.3. The van der Waals surface area contributed by atoms with Crippen molar-refractivity contribution in [3.05, 3.63) is 12.2 Å². The fourth-order valence-electron chi connectivity index (χ4n) is 2.52. The van der Waals surface area contributed by atoms with E-state index in [9.17, 15) is 4.79 Å². The molecule has 0 saturated carbocycles. The number of allylic oxidation sites excluding steroid dienone is 2. The molecule has 0 aromatic rings. The van der Waals surface area contributed by atoms with Crippen LogP contribution < -0.4 is 0 Å². The van der Waals surface area contributed by atoms with E-state index >= 15 is 0 Å². The van der Waals surface area contributed by atoms with Crippen molar-refractivity contribution >= 4 is 40.8 Å². The van der Waals surface area contributed by atoms with Gasteiger partial charge in [0.15, 0.2) is 0 Å². The molecule has 0 unspecified atom stereocenters. The Balaban J connectivity index is 0. The fourth-order valence-corrected chi connectivity index (χ4v) is 2.78. The van der Waals surface area contributed by atoms with Crippen molar-refractivity contribution < 1.29 is 29.0 Å². The molecule has 0 spiro atoms. The molecule has 0 bridgehead atoms. The zero-order valence-electron chi connectivity index (χ0n) is 15.7. The van der Waals surface area contributed by atoms with Gasteiger partial charge in [-0.25, -0.2) is 0 Å². The van der Waals surface area contributed by atoms with Crippen LogP contribution in [0.2, 0.25) is 0 Å². The standard InChI is InChI=1S/C19H33Cl3O2.Zn/c1-2-3-4-5-6-7-8-9-10-11-12-13-14-15-16-17-18(23)24-19(20,21)22;/h9-10H,2-8,11-17H2,1H3;/b10-9-;. The van der Waals surface area contributed by atoms with Crippen molar-refractivity contribution in [3.63, 3.8) is 0 Å². The molecule has 2 nitrogen and oxygen atoms in total. The molecule has 0 aromatic heterocycles. The van der Waals surface area contributed by atoms with Crippen LogP contribution in [0.5, 0.6) is 0 Å². The molecule has 144 valence electrons. The van der Waals surface area contributed by atoms with Gasteiger partial charge in [0.1, 0.15) is 0 Å². The molecule has 0 aliphatic heterocycles. The summed E-state index contributed by atoms with van der Waals surface area (Å²) in [4.78, 5) is 11.3. The average molecular weight is 465 g/mol. The number of rotatable bonds is 15. The van der Waals surface area contributed by atoms with Gasteiger partial charge in [0, 0.05) is 25.9 Å². The SMILES string of the molecule is CCCCCCCC/C=C\CCCCCCCC(=O)OC(Cl)(Cl)Cl.[Zn]. The molecule has 25 heavy (non-hydrogen) atoms. The Bertz CT molecular complexity index is 331. The van der Waals surface area contributed by atoms with E-state index in [-0.39, 0.29) is 19.5 Å². The number of unbranched alkanes of at least 4 members (excludes halogenated alkanes) is 11. The molecule has 0 heterocycles. The third-order valence-corrected chi connectivity index (χ3v) is 4.10. The minimum Gasteiger partial charge on any atom is -0.415 e. The Morgan fingerprint density at radius 3 is 1.72 bits per heavy atom. The molecule has 0 atom stereocenters. The summed E-state index contributed by atoms with van der Waals surface area (Å²) < 4.78 is 2.67. The molecule has 0 amide bonds. The van der Waals surface area contributed by atoms with Crippen LogP contribution in [0, 0.1) is 0 Å². The number of alkyl halides is 3. The molecule has 0 rings (SSSR count). The van der Waals surface area contributed by atoms with Gasteiger partial charge in [0.05, 0.1) is 0 Å². The van der Waals surface area contributed by atoms with E-state index in [1.165, 1.54) is 57.8 Å². The minimum atomic E-state index is -1.93. The van der Waals surface area contributed by atoms with Crippen molar-refractivity contribution in [2.75, 3.05) is 0 Å². The third-order valence-electron chi connectivity index (χ3n) is 3.87. The Morgan fingerprint density at radius 1 is 0.800 bits per heavy atom. The molecule has 0 saturated heterocycles. The minimum absolute atomic E-state index is 0. The van der Waals surface area contributed by atoms with Crippen molar-refractivity contribution in [2.24, 2.45) is 0 Å². The Kier molecular flexibility index (Phi) is 21.7. The van der Waals surface area contributed by atoms with Gasteiger partial charge in [-0.05, 0) is 66.9 Å². The van der Waals surface area contributed by atoms with Gasteiger partial charge < -0.3 is 4.74 Å². The Hall–Kier alpha value is 0.703. The van der Waals surface area contributed by atoms with Crippen LogP contribution in [0.15, 0.2) is 12.2 Å². The summed E-state index contributed by atoms with van der Waals surface area (Å²) in [6, 6.07) is 0. The van der Waals surface area contributed by atoms with Crippen LogP contribution in [-0.4, -0.2) is 9.95 Å². The first kappa shape index (κ1) is 27.9. The normalized spacial score (nSPS) is 11.5.